The van der Waals surface area contributed by atoms with E-state index in [2.05, 4.69) is 82.3 Å². The lowest BCUT2D eigenvalue weighted by Crippen LogP contribution is -2.41. The van der Waals surface area contributed by atoms with E-state index in [1.807, 2.05) is 6.20 Å². The zero-order valence-electron chi connectivity index (χ0n) is 16.1. The Labute approximate surface area is 159 Å². The molecule has 1 aliphatic rings. The van der Waals surface area contributed by atoms with Crippen LogP contribution in [0.2, 0.25) is 0 Å². The van der Waals surface area contributed by atoms with Gasteiger partial charge in [-0.3, -0.25) is 4.98 Å². The number of benzene rings is 3. The van der Waals surface area contributed by atoms with E-state index in [1.165, 1.54) is 26.9 Å². The number of rotatable bonds is 1. The van der Waals surface area contributed by atoms with Crippen molar-refractivity contribution in [3.63, 3.8) is 0 Å². The minimum absolute atomic E-state index is 0.395. The second-order valence-electron chi connectivity index (χ2n) is 8.30. The Balaban J connectivity index is 1.89. The number of pyridine rings is 1. The van der Waals surface area contributed by atoms with E-state index < -0.39 is 18.3 Å². The molecule has 0 atom stereocenters. The van der Waals surface area contributed by atoms with Gasteiger partial charge >= 0.3 is 7.12 Å². The number of nitrogens with zero attached hydrogens (tertiary/aromatic N) is 1. The number of hydrogen-bond donors (Lipinski definition) is 0. The standard InChI is InChI=1S/C23H22BNO2/c1-22(2)23(3,4)27-24(26-22)21-20-18-12-8-7-10-16(18)15-9-5-6-11-17(15)19(20)13-14-25-21/h5-14H,1-4H3. The summed E-state index contributed by atoms with van der Waals surface area (Å²) in [6.07, 6.45) is 1.86. The van der Waals surface area contributed by atoms with E-state index in [4.69, 9.17) is 14.3 Å². The van der Waals surface area contributed by atoms with Crippen LogP contribution >= 0.6 is 0 Å². The highest BCUT2D eigenvalue weighted by atomic mass is 16.7. The number of fused-ring (bicyclic) bond motifs is 6. The molecule has 3 nitrogen and oxygen atoms in total. The third-order valence-electron chi connectivity index (χ3n) is 6.16. The van der Waals surface area contributed by atoms with Crippen LogP contribution < -0.4 is 5.59 Å². The molecular formula is C23H22BNO2. The smallest absolute Gasteiger partial charge is 0.398 e. The fraction of sp³-hybridized carbons (Fsp3) is 0.261. The summed E-state index contributed by atoms with van der Waals surface area (Å²) in [7, 11) is -0.483. The van der Waals surface area contributed by atoms with Crippen LogP contribution in [0.3, 0.4) is 0 Å². The molecule has 3 aromatic carbocycles. The molecule has 0 amide bonds. The predicted molar refractivity (Wildman–Crippen MR) is 112 cm³/mol. The Hall–Kier alpha value is -2.43. The Morgan fingerprint density at radius 3 is 1.67 bits per heavy atom. The molecule has 1 saturated heterocycles. The molecule has 0 N–H and O–H groups in total. The van der Waals surface area contributed by atoms with E-state index in [1.54, 1.807) is 0 Å². The van der Waals surface area contributed by atoms with Crippen LogP contribution in [0.15, 0.2) is 60.8 Å². The number of aromatic nitrogens is 1. The summed E-state index contributed by atoms with van der Waals surface area (Å²) < 4.78 is 12.7. The van der Waals surface area contributed by atoms with Crippen molar-refractivity contribution >= 4 is 45.0 Å². The van der Waals surface area contributed by atoms with Gasteiger partial charge in [-0.05, 0) is 60.7 Å². The van der Waals surface area contributed by atoms with Crippen molar-refractivity contribution in [3.8, 4) is 0 Å². The average molecular weight is 355 g/mol. The van der Waals surface area contributed by atoms with Crippen LogP contribution in [0.4, 0.5) is 0 Å². The van der Waals surface area contributed by atoms with Crippen LogP contribution in [-0.2, 0) is 9.31 Å². The molecule has 134 valence electrons. The van der Waals surface area contributed by atoms with Crippen molar-refractivity contribution in [1.82, 2.24) is 4.98 Å². The molecule has 5 rings (SSSR count). The topological polar surface area (TPSA) is 31.4 Å². The van der Waals surface area contributed by atoms with Crippen LogP contribution in [0.1, 0.15) is 27.7 Å². The van der Waals surface area contributed by atoms with Gasteiger partial charge in [-0.2, -0.15) is 0 Å². The zero-order valence-corrected chi connectivity index (χ0v) is 16.1. The van der Waals surface area contributed by atoms with Crippen LogP contribution in [0.25, 0.3) is 32.3 Å². The summed E-state index contributed by atoms with van der Waals surface area (Å²) in [6, 6.07) is 19.2. The molecule has 4 aromatic rings. The van der Waals surface area contributed by atoms with Crippen LogP contribution in [-0.4, -0.2) is 23.3 Å². The average Bonchev–Trinajstić information content (AvgIpc) is 2.89. The fourth-order valence-electron chi connectivity index (χ4n) is 4.01. The summed E-state index contributed by atoms with van der Waals surface area (Å²) in [5, 5.41) is 7.20. The van der Waals surface area contributed by atoms with Crippen molar-refractivity contribution in [2.45, 2.75) is 38.9 Å². The first-order chi connectivity index (χ1) is 12.9. The molecule has 1 aliphatic heterocycles. The SMILES string of the molecule is CC1(C)OB(c2nccc3c4ccccc4c4ccccc4c23)OC1(C)C. The van der Waals surface area contributed by atoms with Crippen molar-refractivity contribution in [3.05, 3.63) is 60.8 Å². The molecule has 27 heavy (non-hydrogen) atoms. The van der Waals surface area contributed by atoms with Crippen molar-refractivity contribution in [2.24, 2.45) is 0 Å². The Bertz CT molecular complexity index is 1140. The molecule has 1 fully saturated rings. The van der Waals surface area contributed by atoms with E-state index in [0.29, 0.717) is 0 Å². The van der Waals surface area contributed by atoms with E-state index in [0.717, 1.165) is 11.0 Å². The maximum atomic E-state index is 6.33. The van der Waals surface area contributed by atoms with Gasteiger partial charge in [0.2, 0.25) is 0 Å². The first-order valence-corrected chi connectivity index (χ1v) is 9.43. The summed E-state index contributed by atoms with van der Waals surface area (Å²) in [6.45, 7) is 8.30. The zero-order chi connectivity index (χ0) is 18.8. The third kappa shape index (κ3) is 2.33. The van der Waals surface area contributed by atoms with Gasteiger partial charge in [0.1, 0.15) is 0 Å². The highest BCUT2D eigenvalue weighted by Crippen LogP contribution is 2.38. The maximum absolute atomic E-state index is 6.33. The highest BCUT2D eigenvalue weighted by Gasteiger charge is 2.52. The molecule has 0 radical (unpaired) electrons. The van der Waals surface area contributed by atoms with Gasteiger partial charge in [-0.25, -0.2) is 0 Å². The number of hydrogen-bond acceptors (Lipinski definition) is 3. The molecular weight excluding hydrogens is 333 g/mol. The summed E-state index contributed by atoms with van der Waals surface area (Å²) in [5.74, 6) is 0. The van der Waals surface area contributed by atoms with Gasteiger partial charge in [0.05, 0.1) is 16.8 Å². The molecule has 0 spiro atoms. The maximum Gasteiger partial charge on any atom is 0.515 e. The van der Waals surface area contributed by atoms with Gasteiger partial charge in [0, 0.05) is 11.6 Å². The van der Waals surface area contributed by atoms with Crippen molar-refractivity contribution < 1.29 is 9.31 Å². The summed E-state index contributed by atoms with van der Waals surface area (Å²) in [5.41, 5.74) is 0.0654. The first-order valence-electron chi connectivity index (χ1n) is 9.43. The van der Waals surface area contributed by atoms with Gasteiger partial charge in [-0.15, -0.1) is 0 Å². The molecule has 0 saturated carbocycles. The largest absolute Gasteiger partial charge is 0.515 e. The second kappa shape index (κ2) is 5.54. The third-order valence-corrected chi connectivity index (χ3v) is 6.16. The van der Waals surface area contributed by atoms with E-state index >= 15 is 0 Å². The lowest BCUT2D eigenvalue weighted by atomic mass is 9.78. The van der Waals surface area contributed by atoms with Gasteiger partial charge in [-0.1, -0.05) is 48.5 Å². The fourth-order valence-corrected chi connectivity index (χ4v) is 4.01. The van der Waals surface area contributed by atoms with Crippen LogP contribution in [0, 0.1) is 0 Å². The molecule has 4 heteroatoms. The quantitative estimate of drug-likeness (QED) is 0.362. The van der Waals surface area contributed by atoms with Gasteiger partial charge < -0.3 is 9.31 Å². The molecule has 0 unspecified atom stereocenters. The van der Waals surface area contributed by atoms with Crippen LogP contribution in [0.5, 0.6) is 0 Å². The molecule has 0 aliphatic carbocycles. The van der Waals surface area contributed by atoms with E-state index in [9.17, 15) is 0 Å². The Morgan fingerprint density at radius 1 is 0.667 bits per heavy atom. The monoisotopic (exact) mass is 355 g/mol. The molecule has 0 bridgehead atoms. The van der Waals surface area contributed by atoms with Crippen molar-refractivity contribution in [2.75, 3.05) is 0 Å². The minimum atomic E-state index is -0.483. The minimum Gasteiger partial charge on any atom is -0.398 e. The van der Waals surface area contributed by atoms with Crippen molar-refractivity contribution in [1.29, 1.82) is 0 Å². The van der Waals surface area contributed by atoms with Gasteiger partial charge in [0.25, 0.3) is 0 Å². The lowest BCUT2D eigenvalue weighted by molar-refractivity contribution is 0.00578. The first kappa shape index (κ1) is 16.7. The molecule has 1 aromatic heterocycles. The van der Waals surface area contributed by atoms with E-state index in [-0.39, 0.29) is 0 Å². The second-order valence-corrected chi connectivity index (χ2v) is 8.30. The Morgan fingerprint density at radius 2 is 1.11 bits per heavy atom. The van der Waals surface area contributed by atoms with Gasteiger partial charge in [0.15, 0.2) is 0 Å². The molecule has 2 heterocycles. The summed E-state index contributed by atoms with van der Waals surface area (Å²) in [4.78, 5) is 4.73. The Kier molecular flexibility index (Phi) is 3.43. The lowest BCUT2D eigenvalue weighted by Gasteiger charge is -2.32. The highest BCUT2D eigenvalue weighted by molar-refractivity contribution is 6.65. The predicted octanol–water partition coefficient (Wildman–Crippen LogP) is 4.84. The normalized spacial score (nSPS) is 18.6. The summed E-state index contributed by atoms with van der Waals surface area (Å²) >= 11 is 0.